The molecule has 1 atom stereocenters. The lowest BCUT2D eigenvalue weighted by Crippen LogP contribution is -2.13. The molecule has 0 aliphatic carbocycles. The van der Waals surface area contributed by atoms with Crippen LogP contribution in [0.3, 0.4) is 0 Å². The molecule has 0 saturated carbocycles. The first kappa shape index (κ1) is 14.8. The van der Waals surface area contributed by atoms with Gasteiger partial charge in [-0.2, -0.15) is 0 Å². The Kier molecular flexibility index (Phi) is 5.39. The summed E-state index contributed by atoms with van der Waals surface area (Å²) in [6, 6.07) is 11.8. The standard InChI is InChI=1S/C17H23NO2/c1-3-4-11-18-12-16-9-10-17(20-16)15-7-5-14(6-8-15)13(2)19/h5-10,13,18-19H,3-4,11-12H2,1-2H3/t13-/m0/s1. The van der Waals surface area contributed by atoms with Crippen molar-refractivity contribution in [1.82, 2.24) is 5.32 Å². The maximum atomic E-state index is 9.50. The maximum Gasteiger partial charge on any atom is 0.134 e. The molecule has 108 valence electrons. The summed E-state index contributed by atoms with van der Waals surface area (Å²) < 4.78 is 5.83. The average Bonchev–Trinajstić information content (AvgIpc) is 2.92. The van der Waals surface area contributed by atoms with Crippen LogP contribution >= 0.6 is 0 Å². The van der Waals surface area contributed by atoms with Crippen LogP contribution in [0, 0.1) is 0 Å². The van der Waals surface area contributed by atoms with Gasteiger partial charge in [-0.15, -0.1) is 0 Å². The zero-order valence-corrected chi connectivity index (χ0v) is 12.2. The zero-order chi connectivity index (χ0) is 14.4. The van der Waals surface area contributed by atoms with E-state index in [-0.39, 0.29) is 0 Å². The second-order valence-corrected chi connectivity index (χ2v) is 5.09. The van der Waals surface area contributed by atoms with Gasteiger partial charge in [0.1, 0.15) is 11.5 Å². The molecule has 2 aromatic rings. The van der Waals surface area contributed by atoms with Crippen molar-refractivity contribution >= 4 is 0 Å². The monoisotopic (exact) mass is 273 g/mol. The molecule has 3 heteroatoms. The number of nitrogens with one attached hydrogen (secondary N) is 1. The normalized spacial score (nSPS) is 12.6. The molecule has 2 N–H and O–H groups in total. The van der Waals surface area contributed by atoms with E-state index in [0.29, 0.717) is 0 Å². The molecule has 1 aromatic heterocycles. The summed E-state index contributed by atoms with van der Waals surface area (Å²) in [6.07, 6.45) is 1.96. The van der Waals surface area contributed by atoms with E-state index in [1.807, 2.05) is 36.4 Å². The van der Waals surface area contributed by atoms with Gasteiger partial charge in [0, 0.05) is 5.56 Å². The molecule has 0 amide bonds. The van der Waals surface area contributed by atoms with Gasteiger partial charge >= 0.3 is 0 Å². The SMILES string of the molecule is CCCCNCc1ccc(-c2ccc([C@H](C)O)cc2)o1. The van der Waals surface area contributed by atoms with E-state index in [2.05, 4.69) is 12.2 Å². The largest absolute Gasteiger partial charge is 0.460 e. The molecular formula is C17H23NO2. The van der Waals surface area contributed by atoms with E-state index in [1.54, 1.807) is 6.92 Å². The van der Waals surface area contributed by atoms with Crippen LogP contribution in [0.4, 0.5) is 0 Å². The van der Waals surface area contributed by atoms with Crippen LogP contribution in [0.1, 0.15) is 44.1 Å². The van der Waals surface area contributed by atoms with Gasteiger partial charge in [-0.05, 0) is 37.6 Å². The van der Waals surface area contributed by atoms with E-state index in [1.165, 1.54) is 12.8 Å². The van der Waals surface area contributed by atoms with Crippen LogP contribution < -0.4 is 5.32 Å². The fraction of sp³-hybridized carbons (Fsp3) is 0.412. The Hall–Kier alpha value is -1.58. The number of hydrogen-bond donors (Lipinski definition) is 2. The van der Waals surface area contributed by atoms with Crippen LogP contribution in [0.2, 0.25) is 0 Å². The van der Waals surface area contributed by atoms with E-state index < -0.39 is 6.10 Å². The van der Waals surface area contributed by atoms with Gasteiger partial charge < -0.3 is 14.8 Å². The van der Waals surface area contributed by atoms with Gasteiger partial charge in [-0.1, -0.05) is 37.6 Å². The van der Waals surface area contributed by atoms with Crippen LogP contribution in [0.15, 0.2) is 40.8 Å². The summed E-state index contributed by atoms with van der Waals surface area (Å²) in [5, 5.41) is 12.9. The molecule has 0 aliphatic heterocycles. The van der Waals surface area contributed by atoms with E-state index in [0.717, 1.165) is 35.7 Å². The molecular weight excluding hydrogens is 250 g/mol. The summed E-state index contributed by atoms with van der Waals surface area (Å²) in [7, 11) is 0. The van der Waals surface area contributed by atoms with Gasteiger partial charge in [-0.3, -0.25) is 0 Å². The number of aliphatic hydroxyl groups is 1. The molecule has 0 saturated heterocycles. The number of benzene rings is 1. The molecule has 3 nitrogen and oxygen atoms in total. The molecule has 2 rings (SSSR count). The van der Waals surface area contributed by atoms with Crippen molar-refractivity contribution in [3.8, 4) is 11.3 Å². The quantitative estimate of drug-likeness (QED) is 0.752. The molecule has 0 spiro atoms. The number of unbranched alkanes of at least 4 members (excludes halogenated alkanes) is 1. The van der Waals surface area contributed by atoms with Crippen molar-refractivity contribution in [2.45, 2.75) is 39.3 Å². The fourth-order valence-electron chi connectivity index (χ4n) is 2.07. The number of hydrogen-bond acceptors (Lipinski definition) is 3. The number of furan rings is 1. The van der Waals surface area contributed by atoms with E-state index >= 15 is 0 Å². The second-order valence-electron chi connectivity index (χ2n) is 5.09. The smallest absolute Gasteiger partial charge is 0.134 e. The molecule has 1 heterocycles. The first-order chi connectivity index (χ1) is 9.70. The van der Waals surface area contributed by atoms with Crippen LogP contribution in [-0.2, 0) is 6.54 Å². The first-order valence-corrected chi connectivity index (χ1v) is 7.28. The highest BCUT2D eigenvalue weighted by Gasteiger charge is 2.06. The van der Waals surface area contributed by atoms with Crippen LogP contribution in [-0.4, -0.2) is 11.7 Å². The Labute approximate surface area is 120 Å². The Morgan fingerprint density at radius 2 is 1.90 bits per heavy atom. The van der Waals surface area contributed by atoms with Crippen LogP contribution in [0.5, 0.6) is 0 Å². The Balaban J connectivity index is 1.97. The first-order valence-electron chi connectivity index (χ1n) is 7.28. The van der Waals surface area contributed by atoms with Crippen molar-refractivity contribution in [3.63, 3.8) is 0 Å². The lowest BCUT2D eigenvalue weighted by molar-refractivity contribution is 0.199. The molecule has 0 aliphatic rings. The zero-order valence-electron chi connectivity index (χ0n) is 12.2. The van der Waals surface area contributed by atoms with Gasteiger partial charge in [0.05, 0.1) is 12.6 Å². The summed E-state index contributed by atoms with van der Waals surface area (Å²) in [5.74, 6) is 1.82. The minimum atomic E-state index is -0.432. The molecule has 0 bridgehead atoms. The highest BCUT2D eigenvalue weighted by atomic mass is 16.3. The third-order valence-electron chi connectivity index (χ3n) is 3.35. The molecule has 20 heavy (non-hydrogen) atoms. The minimum absolute atomic E-state index is 0.432. The topological polar surface area (TPSA) is 45.4 Å². The molecule has 1 aromatic carbocycles. The Morgan fingerprint density at radius 3 is 2.55 bits per heavy atom. The predicted octanol–water partition coefficient (Wildman–Crippen LogP) is 3.89. The average molecular weight is 273 g/mol. The van der Waals surface area contributed by atoms with Gasteiger partial charge in [-0.25, -0.2) is 0 Å². The molecule has 0 unspecified atom stereocenters. The summed E-state index contributed by atoms with van der Waals surface area (Å²) in [4.78, 5) is 0. The fourth-order valence-corrected chi connectivity index (χ4v) is 2.07. The molecule has 0 radical (unpaired) electrons. The van der Waals surface area contributed by atoms with Crippen molar-refractivity contribution in [2.24, 2.45) is 0 Å². The Morgan fingerprint density at radius 1 is 1.15 bits per heavy atom. The number of aliphatic hydroxyl groups excluding tert-OH is 1. The van der Waals surface area contributed by atoms with E-state index in [9.17, 15) is 5.11 Å². The summed E-state index contributed by atoms with van der Waals surface area (Å²) in [6.45, 7) is 5.74. The summed E-state index contributed by atoms with van der Waals surface area (Å²) in [5.41, 5.74) is 1.95. The van der Waals surface area contributed by atoms with Gasteiger partial charge in [0.25, 0.3) is 0 Å². The van der Waals surface area contributed by atoms with Gasteiger partial charge in [0.15, 0.2) is 0 Å². The number of rotatable bonds is 7. The van der Waals surface area contributed by atoms with Crippen molar-refractivity contribution < 1.29 is 9.52 Å². The maximum absolute atomic E-state index is 9.50. The Bertz CT molecular complexity index is 514. The van der Waals surface area contributed by atoms with Crippen molar-refractivity contribution in [2.75, 3.05) is 6.54 Å². The highest BCUT2D eigenvalue weighted by molar-refractivity contribution is 5.58. The second kappa shape index (κ2) is 7.27. The predicted molar refractivity (Wildman–Crippen MR) is 81.4 cm³/mol. The van der Waals surface area contributed by atoms with Crippen LogP contribution in [0.25, 0.3) is 11.3 Å². The summed E-state index contributed by atoms with van der Waals surface area (Å²) >= 11 is 0. The third-order valence-corrected chi connectivity index (χ3v) is 3.35. The third kappa shape index (κ3) is 3.95. The van der Waals surface area contributed by atoms with Gasteiger partial charge in [0.2, 0.25) is 0 Å². The highest BCUT2D eigenvalue weighted by Crippen LogP contribution is 2.24. The van der Waals surface area contributed by atoms with Crippen molar-refractivity contribution in [1.29, 1.82) is 0 Å². The van der Waals surface area contributed by atoms with E-state index in [4.69, 9.17) is 4.42 Å². The lowest BCUT2D eigenvalue weighted by atomic mass is 10.1. The van der Waals surface area contributed by atoms with Crippen molar-refractivity contribution in [3.05, 3.63) is 47.7 Å². The lowest BCUT2D eigenvalue weighted by Gasteiger charge is -2.05. The minimum Gasteiger partial charge on any atom is -0.460 e. The molecule has 0 fully saturated rings.